The minimum absolute atomic E-state index is 0.575. The van der Waals surface area contributed by atoms with Gasteiger partial charge in [-0.25, -0.2) is 0 Å². The second-order valence-corrected chi connectivity index (χ2v) is 24.3. The van der Waals surface area contributed by atoms with E-state index in [9.17, 15) is 10.5 Å². The van der Waals surface area contributed by atoms with E-state index in [0.717, 1.165) is 109 Å². The molecule has 13 aromatic rings. The number of aromatic nitrogens is 2. The smallest absolute Gasteiger partial charge is 0.0991 e. The molecule has 0 bridgehead atoms. The van der Waals surface area contributed by atoms with Gasteiger partial charge in [0.1, 0.15) is 0 Å². The predicted molar refractivity (Wildman–Crippen MR) is 340 cm³/mol. The quantitative estimate of drug-likeness (QED) is 0.151. The van der Waals surface area contributed by atoms with Crippen LogP contribution in [0.1, 0.15) is 49.9 Å². The molecule has 82 heavy (non-hydrogen) atoms. The maximum Gasteiger partial charge on any atom is 0.0991 e. The Morgan fingerprint density at radius 2 is 0.585 bits per heavy atom. The molecule has 4 heterocycles. The molecule has 0 fully saturated rings. The maximum atomic E-state index is 10.6. The first-order valence-corrected chi connectivity index (χ1v) is 29.3. The van der Waals surface area contributed by atoms with E-state index in [-0.39, 0.29) is 0 Å². The van der Waals surface area contributed by atoms with Gasteiger partial charge in [-0.2, -0.15) is 10.5 Å². The normalized spacial score (nSPS) is 13.0. The molecule has 0 spiro atoms. The molecular weight excluding hydrogens is 1040 g/mol. The lowest BCUT2D eigenvalue weighted by Crippen LogP contribution is -2.37. The number of nitrogens with zero attached hydrogens (tertiary/aromatic N) is 6. The highest BCUT2D eigenvalue weighted by atomic mass is 32.2. The topological polar surface area (TPSA) is 63.9 Å². The summed E-state index contributed by atoms with van der Waals surface area (Å²) >= 11 is 3.60. The fourth-order valence-electron chi connectivity index (χ4n) is 13.5. The Labute approximate surface area is 485 Å². The molecule has 0 radical (unpaired) electrons. The van der Waals surface area contributed by atoms with Crippen LogP contribution in [0.3, 0.4) is 0 Å². The third-order valence-corrected chi connectivity index (χ3v) is 19.1. The fraction of sp³-hybridized carbons (Fsp3) is 0.0811. The van der Waals surface area contributed by atoms with Crippen molar-refractivity contribution in [2.75, 3.05) is 9.80 Å². The average Bonchev–Trinajstić information content (AvgIpc) is 1.32. The molecule has 0 unspecified atom stereocenters. The zero-order valence-corrected chi connectivity index (χ0v) is 47.2. The highest BCUT2D eigenvalue weighted by Gasteiger charge is 2.46. The average molecular weight is 1090 g/mol. The van der Waals surface area contributed by atoms with E-state index in [1.807, 2.05) is 24.3 Å². The summed E-state index contributed by atoms with van der Waals surface area (Å²) in [4.78, 5) is 9.67. The lowest BCUT2D eigenvalue weighted by atomic mass is 9.73. The second kappa shape index (κ2) is 19.0. The summed E-state index contributed by atoms with van der Waals surface area (Å²) in [5.41, 5.74) is 16.2. The van der Waals surface area contributed by atoms with E-state index in [4.69, 9.17) is 0 Å². The van der Waals surface area contributed by atoms with Crippen LogP contribution in [0.2, 0.25) is 0 Å². The van der Waals surface area contributed by atoms with Gasteiger partial charge < -0.3 is 18.9 Å². The lowest BCUT2D eigenvalue weighted by Gasteiger charge is -2.47. The zero-order chi connectivity index (χ0) is 55.4. The Morgan fingerprint density at radius 3 is 0.890 bits per heavy atom. The van der Waals surface area contributed by atoms with Crippen molar-refractivity contribution in [2.24, 2.45) is 0 Å². The van der Waals surface area contributed by atoms with Gasteiger partial charge in [0, 0.05) is 85.4 Å². The molecule has 0 amide bonds. The molecule has 6 nitrogen and oxygen atoms in total. The molecule has 0 saturated carbocycles. The predicted octanol–water partition coefficient (Wildman–Crippen LogP) is 20.4. The molecule has 11 aromatic carbocycles. The number of hydrogen-bond donors (Lipinski definition) is 0. The Bertz CT molecular complexity index is 4450. The summed E-state index contributed by atoms with van der Waals surface area (Å²) < 4.78 is 5.19. The third kappa shape index (κ3) is 7.35. The van der Waals surface area contributed by atoms with Crippen molar-refractivity contribution in [3.8, 4) is 34.4 Å². The van der Waals surface area contributed by atoms with Gasteiger partial charge in [-0.15, -0.1) is 0 Å². The number of hydrogen-bond acceptors (Lipinski definition) is 6. The highest BCUT2D eigenvalue weighted by Crippen LogP contribution is 2.65. The van der Waals surface area contributed by atoms with Gasteiger partial charge in [0.05, 0.1) is 68.5 Å². The van der Waals surface area contributed by atoms with Gasteiger partial charge in [-0.1, -0.05) is 169 Å². The van der Waals surface area contributed by atoms with Crippen LogP contribution in [-0.2, 0) is 11.1 Å². The number of fused-ring (bicyclic) bond motifs is 10. The van der Waals surface area contributed by atoms with E-state index in [1.165, 1.54) is 21.5 Å². The summed E-state index contributed by atoms with van der Waals surface area (Å²) in [5.74, 6) is 0. The van der Waals surface area contributed by atoms with E-state index >= 15 is 0 Å². The van der Waals surface area contributed by atoms with Crippen molar-refractivity contribution in [2.45, 2.75) is 58.4 Å². The van der Waals surface area contributed by atoms with Crippen molar-refractivity contribution >= 4 is 101 Å². The van der Waals surface area contributed by atoms with Gasteiger partial charge in [0.25, 0.3) is 0 Å². The first kappa shape index (κ1) is 49.4. The van der Waals surface area contributed by atoms with E-state index in [2.05, 4.69) is 277 Å². The molecular formula is C74H52N6S2. The van der Waals surface area contributed by atoms with Crippen LogP contribution in [0.4, 0.5) is 34.1 Å². The van der Waals surface area contributed by atoms with Gasteiger partial charge in [0.2, 0.25) is 0 Å². The highest BCUT2D eigenvalue weighted by molar-refractivity contribution is 8.00. The molecule has 2 aliphatic rings. The summed E-state index contributed by atoms with van der Waals surface area (Å²) in [5, 5.41) is 25.9. The Hall–Kier alpha value is -9.70. The van der Waals surface area contributed by atoms with Crippen molar-refractivity contribution in [1.29, 1.82) is 10.5 Å². The van der Waals surface area contributed by atoms with Gasteiger partial charge in [-0.05, 0) is 136 Å². The largest absolute Gasteiger partial charge is 0.331 e. The minimum atomic E-state index is -0.900. The third-order valence-electron chi connectivity index (χ3n) is 16.9. The van der Waals surface area contributed by atoms with E-state index in [1.54, 1.807) is 23.5 Å². The van der Waals surface area contributed by atoms with Gasteiger partial charge in [-0.3, -0.25) is 0 Å². The second-order valence-electron chi connectivity index (χ2n) is 22.2. The monoisotopic (exact) mass is 1090 g/mol. The number of benzene rings is 11. The molecule has 0 N–H and O–H groups in total. The number of para-hydroxylation sites is 8. The number of anilines is 6. The minimum Gasteiger partial charge on any atom is -0.331 e. The van der Waals surface area contributed by atoms with Crippen LogP contribution < -0.4 is 9.80 Å². The molecule has 2 aliphatic heterocycles. The summed E-state index contributed by atoms with van der Waals surface area (Å²) in [7, 11) is 0. The van der Waals surface area contributed by atoms with Gasteiger partial charge >= 0.3 is 0 Å². The first-order valence-electron chi connectivity index (χ1n) is 27.7. The maximum absolute atomic E-state index is 10.6. The Morgan fingerprint density at radius 1 is 0.317 bits per heavy atom. The summed E-state index contributed by atoms with van der Waals surface area (Å²) in [6.45, 7) is 9.69. The number of rotatable bonds is 8. The van der Waals surface area contributed by atoms with Crippen LogP contribution >= 0.6 is 23.5 Å². The Kier molecular flexibility index (Phi) is 11.4. The van der Waals surface area contributed by atoms with Crippen molar-refractivity contribution in [3.05, 3.63) is 265 Å². The number of nitriles is 2. The zero-order valence-electron chi connectivity index (χ0n) is 45.6. The summed E-state index contributed by atoms with van der Waals surface area (Å²) in [6.07, 6.45) is 0. The van der Waals surface area contributed by atoms with Crippen LogP contribution in [-0.4, -0.2) is 9.13 Å². The van der Waals surface area contributed by atoms with Crippen LogP contribution in [0.5, 0.6) is 0 Å². The van der Waals surface area contributed by atoms with Crippen LogP contribution in [0.15, 0.2) is 262 Å². The van der Waals surface area contributed by atoms with E-state index < -0.39 is 11.1 Å². The molecule has 390 valence electrons. The molecule has 8 heteroatoms. The van der Waals surface area contributed by atoms with Crippen LogP contribution in [0, 0.1) is 22.7 Å². The Balaban J connectivity index is 1.28. The van der Waals surface area contributed by atoms with Crippen molar-refractivity contribution in [1.82, 2.24) is 9.13 Å². The van der Waals surface area contributed by atoms with Crippen LogP contribution in [0.25, 0.3) is 65.9 Å². The SMILES string of the molecule is CC(C)(c1c(-c2ccc(C#N)cc2)c(N2c3ccccc3Sc3ccccc32)c(-c2ccc(C#N)cc2)c(C(C)(C)n2c3ccccc3c3ccccc32)c1N1c2ccccc2Sc2ccccc21)n1c2ccccc2c2ccccc21. The molecule has 2 aromatic heterocycles. The molecule has 0 aliphatic carbocycles. The first-order chi connectivity index (χ1) is 40.1. The standard InChI is InChI=1S/C74H52N6S2/c1-73(2,79-55-25-9-5-21-51(55)52-22-6-10-26-56(52)79)69-67(49-41-37-47(45-75)38-42-49)71(77-59-29-13-17-33-63(59)81-64-34-18-14-30-60(64)77)68(50-43-39-48(46-76)40-44-50)70(72(69)78-61-31-15-19-35-65(61)82-66-36-20-16-32-62(66)78)74(3,4)80-57-27-11-7-23-53(57)54-24-8-12-28-58(54)80/h5-44H,1-4H3. The lowest BCUT2D eigenvalue weighted by molar-refractivity contribution is 0.452. The van der Waals surface area contributed by atoms with Crippen molar-refractivity contribution in [3.63, 3.8) is 0 Å². The van der Waals surface area contributed by atoms with Crippen molar-refractivity contribution < 1.29 is 0 Å². The summed E-state index contributed by atoms with van der Waals surface area (Å²) in [6, 6.07) is 92.3. The van der Waals surface area contributed by atoms with E-state index in [0.29, 0.717) is 11.1 Å². The molecule has 0 atom stereocenters. The fourth-order valence-corrected chi connectivity index (χ4v) is 15.6. The molecule has 0 saturated heterocycles. The molecule has 15 rings (SSSR count). The van der Waals surface area contributed by atoms with Gasteiger partial charge in [0.15, 0.2) is 0 Å².